The lowest BCUT2D eigenvalue weighted by Gasteiger charge is -2.24. The number of esters is 1. The third-order valence-electron chi connectivity index (χ3n) is 11.9. The van der Waals surface area contributed by atoms with E-state index in [4.69, 9.17) is 4.74 Å². The van der Waals surface area contributed by atoms with Crippen molar-refractivity contribution >= 4 is 11.9 Å². The Hall–Kier alpha value is -3.74. The van der Waals surface area contributed by atoms with E-state index in [-0.39, 0.29) is 24.9 Å². The van der Waals surface area contributed by atoms with Crippen molar-refractivity contribution in [3.8, 4) is 0 Å². The number of unbranched alkanes of at least 4 members (excludes halogenated alkanes) is 21. The van der Waals surface area contributed by atoms with Gasteiger partial charge < -0.3 is 20.3 Å². The van der Waals surface area contributed by atoms with Crippen LogP contribution in [0.25, 0.3) is 0 Å². The third-order valence-corrected chi connectivity index (χ3v) is 11.9. The molecule has 6 nitrogen and oxygen atoms in total. The Balaban J connectivity index is 4.75. The van der Waals surface area contributed by atoms with Crippen LogP contribution in [0.4, 0.5) is 0 Å². The number of hydrogen-bond donors (Lipinski definition) is 3. The maximum atomic E-state index is 13.2. The Morgan fingerprint density at radius 3 is 1.38 bits per heavy atom. The van der Waals surface area contributed by atoms with Crippen molar-refractivity contribution in [3.05, 3.63) is 122 Å². The first kappa shape index (κ1) is 64.3. The van der Waals surface area contributed by atoms with Gasteiger partial charge in [0, 0.05) is 12.8 Å². The van der Waals surface area contributed by atoms with E-state index in [2.05, 4.69) is 111 Å². The molecule has 6 heteroatoms. The highest BCUT2D eigenvalue weighted by Crippen LogP contribution is 2.16. The number of hydrogen-bond acceptors (Lipinski definition) is 5. The summed E-state index contributed by atoms with van der Waals surface area (Å²) in [6, 6.07) is -0.747. The Kier molecular flexibility index (Phi) is 51.2. The molecular formula is C62H103NO5. The molecule has 0 aliphatic heterocycles. The monoisotopic (exact) mass is 942 g/mol. The van der Waals surface area contributed by atoms with E-state index in [1.165, 1.54) is 89.9 Å². The molecule has 3 unspecified atom stereocenters. The van der Waals surface area contributed by atoms with Gasteiger partial charge in [0.2, 0.25) is 5.91 Å². The van der Waals surface area contributed by atoms with Gasteiger partial charge in [0.25, 0.3) is 0 Å². The van der Waals surface area contributed by atoms with Gasteiger partial charge in [0.15, 0.2) is 0 Å². The standard InChI is InChI=1S/C62H103NO5/c1-4-7-10-13-16-19-22-25-28-30-31-34-37-40-43-46-49-52-55-62(67)68-58(53-50-47-44-41-38-35-32-27-24-21-18-15-12-9-6-3)56-61(66)63-59(57-64)60(65)54-51-48-45-42-39-36-33-29-26-23-20-17-14-11-8-5-2/h9-10,12-13,16,18-19,21-22,25,27-28,30-32,34,38,41,47,50,58-60,64-65H,4-8,11,14-15,17,20,23-24,26,29,33,35-37,39-40,42-46,48-49,51-57H2,1-3H3,(H,63,66)/b12-9-,13-10+,19-16+,21-18-,25-22+,30-28+,32-27-,34-31+,41-38-,50-47-. The number of aliphatic hydroxyl groups excluding tert-OH is 2. The van der Waals surface area contributed by atoms with E-state index in [0.29, 0.717) is 19.3 Å². The van der Waals surface area contributed by atoms with Crippen molar-refractivity contribution in [2.24, 2.45) is 0 Å². The second-order valence-electron chi connectivity index (χ2n) is 18.4. The van der Waals surface area contributed by atoms with Crippen molar-refractivity contribution in [2.45, 2.75) is 251 Å². The van der Waals surface area contributed by atoms with E-state index in [1.54, 1.807) is 0 Å². The average molecular weight is 943 g/mol. The highest BCUT2D eigenvalue weighted by Gasteiger charge is 2.23. The van der Waals surface area contributed by atoms with Crippen LogP contribution in [0.5, 0.6) is 0 Å². The molecule has 0 aromatic rings. The van der Waals surface area contributed by atoms with Crippen LogP contribution in [0.3, 0.4) is 0 Å². The van der Waals surface area contributed by atoms with Gasteiger partial charge in [-0.2, -0.15) is 0 Å². The molecular weight excluding hydrogens is 839 g/mol. The largest absolute Gasteiger partial charge is 0.461 e. The number of carbonyl (C=O) groups excluding carboxylic acids is 2. The Labute approximate surface area is 419 Å². The molecule has 386 valence electrons. The van der Waals surface area contributed by atoms with Gasteiger partial charge in [-0.3, -0.25) is 9.59 Å². The fourth-order valence-electron chi connectivity index (χ4n) is 7.72. The topological polar surface area (TPSA) is 95.9 Å². The highest BCUT2D eigenvalue weighted by atomic mass is 16.5. The minimum absolute atomic E-state index is 0.0188. The van der Waals surface area contributed by atoms with Crippen molar-refractivity contribution in [1.29, 1.82) is 0 Å². The third kappa shape index (κ3) is 48.7. The second-order valence-corrected chi connectivity index (χ2v) is 18.4. The molecule has 0 bridgehead atoms. The summed E-state index contributed by atoms with van der Waals surface area (Å²) in [5.41, 5.74) is 0. The first-order valence-electron chi connectivity index (χ1n) is 27.8. The summed E-state index contributed by atoms with van der Waals surface area (Å²) in [5.74, 6) is -0.617. The molecule has 0 radical (unpaired) electrons. The van der Waals surface area contributed by atoms with Crippen molar-refractivity contribution in [1.82, 2.24) is 5.32 Å². The maximum absolute atomic E-state index is 13.2. The summed E-state index contributed by atoms with van der Waals surface area (Å²) in [6.45, 7) is 6.25. The Bertz CT molecular complexity index is 1430. The van der Waals surface area contributed by atoms with E-state index in [9.17, 15) is 19.8 Å². The van der Waals surface area contributed by atoms with Gasteiger partial charge in [-0.25, -0.2) is 0 Å². The molecule has 0 rings (SSSR count). The van der Waals surface area contributed by atoms with Crippen molar-refractivity contribution in [2.75, 3.05) is 6.61 Å². The number of nitrogens with one attached hydrogen (secondary N) is 1. The molecule has 0 aliphatic rings. The molecule has 0 spiro atoms. The first-order chi connectivity index (χ1) is 33.5. The summed E-state index contributed by atoms with van der Waals surface area (Å²) >= 11 is 0. The molecule has 3 N–H and O–H groups in total. The summed E-state index contributed by atoms with van der Waals surface area (Å²) in [4.78, 5) is 26.2. The molecule has 0 aromatic heterocycles. The number of carbonyl (C=O) groups is 2. The van der Waals surface area contributed by atoms with Gasteiger partial charge in [-0.05, 0) is 64.2 Å². The number of aliphatic hydroxyl groups is 2. The van der Waals surface area contributed by atoms with Crippen molar-refractivity contribution in [3.63, 3.8) is 0 Å². The van der Waals surface area contributed by atoms with Crippen LogP contribution < -0.4 is 5.32 Å². The van der Waals surface area contributed by atoms with Crippen LogP contribution in [-0.2, 0) is 14.3 Å². The van der Waals surface area contributed by atoms with E-state index in [1.807, 2.05) is 36.5 Å². The van der Waals surface area contributed by atoms with Crippen molar-refractivity contribution < 1.29 is 24.5 Å². The van der Waals surface area contributed by atoms with Crippen LogP contribution in [0.15, 0.2) is 122 Å². The molecule has 0 saturated heterocycles. The lowest BCUT2D eigenvalue weighted by atomic mass is 10.0. The van der Waals surface area contributed by atoms with Gasteiger partial charge in [-0.1, -0.05) is 271 Å². The second kappa shape index (κ2) is 54.2. The Morgan fingerprint density at radius 1 is 0.471 bits per heavy atom. The SMILES string of the molecule is CC/C=C\C/C=C\C/C=C\C/C=C\C/C=C\CC(CC(=O)NC(CO)C(O)CCCCCCCCCCCCCCCCCC)OC(=O)CCCCCCC/C=C/C=C/C=C/C=C/C=C/CCC. The predicted molar refractivity (Wildman–Crippen MR) is 296 cm³/mol. The number of allylic oxidation sites excluding steroid dienone is 19. The molecule has 1 amide bonds. The fraction of sp³-hybridized carbons (Fsp3) is 0.645. The van der Waals surface area contributed by atoms with E-state index < -0.39 is 18.2 Å². The maximum Gasteiger partial charge on any atom is 0.306 e. The van der Waals surface area contributed by atoms with Crippen LogP contribution in [0.1, 0.15) is 233 Å². The predicted octanol–water partition coefficient (Wildman–Crippen LogP) is 17.2. The summed E-state index contributed by atoms with van der Waals surface area (Å²) < 4.78 is 5.87. The molecule has 0 aromatic carbocycles. The molecule has 0 heterocycles. The lowest BCUT2D eigenvalue weighted by molar-refractivity contribution is -0.150. The van der Waals surface area contributed by atoms with Crippen LogP contribution in [-0.4, -0.2) is 46.9 Å². The molecule has 68 heavy (non-hydrogen) atoms. The number of rotatable bonds is 48. The fourth-order valence-corrected chi connectivity index (χ4v) is 7.72. The zero-order valence-corrected chi connectivity index (χ0v) is 43.9. The molecule has 0 aliphatic carbocycles. The normalized spacial score (nSPS) is 14.1. The zero-order chi connectivity index (χ0) is 49.5. The Morgan fingerprint density at radius 2 is 0.897 bits per heavy atom. The molecule has 0 fully saturated rings. The van der Waals surface area contributed by atoms with Gasteiger partial charge in [0.05, 0.1) is 25.2 Å². The summed E-state index contributed by atoms with van der Waals surface area (Å²) in [7, 11) is 0. The zero-order valence-electron chi connectivity index (χ0n) is 43.9. The number of ether oxygens (including phenoxy) is 1. The van der Waals surface area contributed by atoms with E-state index >= 15 is 0 Å². The quantitative estimate of drug-likeness (QED) is 0.0244. The van der Waals surface area contributed by atoms with Gasteiger partial charge in [-0.15, -0.1) is 0 Å². The van der Waals surface area contributed by atoms with Gasteiger partial charge >= 0.3 is 5.97 Å². The lowest BCUT2D eigenvalue weighted by Crippen LogP contribution is -2.46. The minimum Gasteiger partial charge on any atom is -0.461 e. The van der Waals surface area contributed by atoms with Crippen LogP contribution >= 0.6 is 0 Å². The minimum atomic E-state index is -0.826. The molecule has 0 saturated carbocycles. The van der Waals surface area contributed by atoms with Crippen LogP contribution in [0, 0.1) is 0 Å². The van der Waals surface area contributed by atoms with Crippen LogP contribution in [0.2, 0.25) is 0 Å². The smallest absolute Gasteiger partial charge is 0.306 e. The average Bonchev–Trinajstić information content (AvgIpc) is 3.33. The first-order valence-corrected chi connectivity index (χ1v) is 27.8. The highest BCUT2D eigenvalue weighted by molar-refractivity contribution is 5.77. The summed E-state index contributed by atoms with van der Waals surface area (Å²) in [5, 5.41) is 23.8. The summed E-state index contributed by atoms with van der Waals surface area (Å²) in [6.07, 6.45) is 75.5. The molecule has 3 atom stereocenters. The van der Waals surface area contributed by atoms with Gasteiger partial charge in [0.1, 0.15) is 6.10 Å². The van der Waals surface area contributed by atoms with E-state index in [0.717, 1.165) is 96.3 Å². The number of amides is 1.